The zero-order chi connectivity index (χ0) is 16.3. The Balaban J connectivity index is 2.69. The van der Waals surface area contributed by atoms with Gasteiger partial charge in [0.15, 0.2) is 11.5 Å². The van der Waals surface area contributed by atoms with Gasteiger partial charge in [0.25, 0.3) is 0 Å². The van der Waals surface area contributed by atoms with Crippen molar-refractivity contribution in [1.82, 2.24) is 0 Å². The van der Waals surface area contributed by atoms with Crippen molar-refractivity contribution in [2.45, 2.75) is 26.1 Å². The third-order valence-corrected chi connectivity index (χ3v) is 3.26. The van der Waals surface area contributed by atoms with Crippen molar-refractivity contribution in [3.05, 3.63) is 42.0 Å². The highest BCUT2D eigenvalue weighted by atomic mass is 16.5. The Hall–Kier alpha value is -2.24. The standard InChI is InChI=1S/C17H21NO4/c1-10(2)22-17-14(20)8-7-13(15(21)9-18)16(17)11-3-5-12(19)6-4-11/h3-8,10,15,19-21H,9,18H2,1-2H3. The van der Waals surface area contributed by atoms with Gasteiger partial charge in [-0.05, 0) is 43.2 Å². The van der Waals surface area contributed by atoms with Crippen LogP contribution in [0, 0.1) is 0 Å². The zero-order valence-electron chi connectivity index (χ0n) is 12.7. The lowest BCUT2D eigenvalue weighted by Crippen LogP contribution is -2.14. The van der Waals surface area contributed by atoms with Crippen molar-refractivity contribution >= 4 is 0 Å². The Morgan fingerprint density at radius 3 is 2.23 bits per heavy atom. The van der Waals surface area contributed by atoms with Gasteiger partial charge in [0, 0.05) is 12.1 Å². The molecule has 0 aliphatic carbocycles. The van der Waals surface area contributed by atoms with E-state index in [1.807, 2.05) is 13.8 Å². The highest BCUT2D eigenvalue weighted by Gasteiger charge is 2.21. The topological polar surface area (TPSA) is 95.9 Å². The molecule has 0 bridgehead atoms. The molecule has 0 aliphatic rings. The van der Waals surface area contributed by atoms with Gasteiger partial charge in [-0.15, -0.1) is 0 Å². The average molecular weight is 303 g/mol. The summed E-state index contributed by atoms with van der Waals surface area (Å²) in [7, 11) is 0. The number of phenolic OH excluding ortho intramolecular Hbond substituents is 2. The summed E-state index contributed by atoms with van der Waals surface area (Å²) in [5.41, 5.74) is 7.43. The van der Waals surface area contributed by atoms with Crippen LogP contribution in [0.15, 0.2) is 36.4 Å². The van der Waals surface area contributed by atoms with Crippen LogP contribution in [-0.2, 0) is 0 Å². The summed E-state index contributed by atoms with van der Waals surface area (Å²) in [6, 6.07) is 9.58. The molecular weight excluding hydrogens is 282 g/mol. The molecule has 0 amide bonds. The van der Waals surface area contributed by atoms with E-state index in [0.29, 0.717) is 22.4 Å². The first kappa shape index (κ1) is 16.1. The molecule has 5 nitrogen and oxygen atoms in total. The van der Waals surface area contributed by atoms with E-state index < -0.39 is 6.10 Å². The van der Waals surface area contributed by atoms with Crippen LogP contribution in [0.25, 0.3) is 11.1 Å². The van der Waals surface area contributed by atoms with Gasteiger partial charge < -0.3 is 25.8 Å². The second-order valence-corrected chi connectivity index (χ2v) is 5.34. The molecule has 0 saturated heterocycles. The van der Waals surface area contributed by atoms with Crippen molar-refractivity contribution in [2.75, 3.05) is 6.54 Å². The molecule has 22 heavy (non-hydrogen) atoms. The molecule has 1 atom stereocenters. The fourth-order valence-corrected chi connectivity index (χ4v) is 2.27. The second kappa shape index (κ2) is 6.68. The molecular formula is C17H21NO4. The van der Waals surface area contributed by atoms with Crippen molar-refractivity contribution in [1.29, 1.82) is 0 Å². The van der Waals surface area contributed by atoms with Crippen molar-refractivity contribution in [3.8, 4) is 28.4 Å². The predicted molar refractivity (Wildman–Crippen MR) is 85.0 cm³/mol. The summed E-state index contributed by atoms with van der Waals surface area (Å²) in [6.45, 7) is 3.76. The Labute approximate surface area is 129 Å². The lowest BCUT2D eigenvalue weighted by molar-refractivity contribution is 0.185. The summed E-state index contributed by atoms with van der Waals surface area (Å²) in [5.74, 6) is 0.423. The number of nitrogens with two attached hydrogens (primary N) is 1. The molecule has 118 valence electrons. The van der Waals surface area contributed by atoms with Crippen LogP contribution in [0.2, 0.25) is 0 Å². The number of aromatic hydroxyl groups is 2. The molecule has 0 fully saturated rings. The first-order valence-corrected chi connectivity index (χ1v) is 7.14. The van der Waals surface area contributed by atoms with Crippen LogP contribution in [-0.4, -0.2) is 28.0 Å². The molecule has 0 spiro atoms. The van der Waals surface area contributed by atoms with E-state index in [0.717, 1.165) is 0 Å². The van der Waals surface area contributed by atoms with E-state index in [9.17, 15) is 15.3 Å². The van der Waals surface area contributed by atoms with Crippen molar-refractivity contribution < 1.29 is 20.1 Å². The maximum atomic E-state index is 10.2. The van der Waals surface area contributed by atoms with Gasteiger partial charge in [-0.2, -0.15) is 0 Å². The van der Waals surface area contributed by atoms with Gasteiger partial charge in [-0.25, -0.2) is 0 Å². The molecule has 1 unspecified atom stereocenters. The van der Waals surface area contributed by atoms with Gasteiger partial charge >= 0.3 is 0 Å². The molecule has 0 aliphatic heterocycles. The maximum Gasteiger partial charge on any atom is 0.169 e. The van der Waals surface area contributed by atoms with E-state index in [1.165, 1.54) is 18.2 Å². The fourth-order valence-electron chi connectivity index (χ4n) is 2.27. The molecule has 0 aromatic heterocycles. The van der Waals surface area contributed by atoms with E-state index in [1.54, 1.807) is 18.2 Å². The van der Waals surface area contributed by atoms with Crippen molar-refractivity contribution in [2.24, 2.45) is 5.73 Å². The fraction of sp³-hybridized carbons (Fsp3) is 0.294. The minimum absolute atomic E-state index is 0.00949. The smallest absolute Gasteiger partial charge is 0.169 e. The van der Waals surface area contributed by atoms with Crippen LogP contribution < -0.4 is 10.5 Å². The minimum Gasteiger partial charge on any atom is -0.508 e. The largest absolute Gasteiger partial charge is 0.508 e. The number of ether oxygens (including phenoxy) is 1. The molecule has 2 aromatic carbocycles. The Bertz CT molecular complexity index is 638. The van der Waals surface area contributed by atoms with Gasteiger partial charge in [-0.3, -0.25) is 0 Å². The number of phenols is 2. The predicted octanol–water partition coefficient (Wildman–Crippen LogP) is 2.54. The second-order valence-electron chi connectivity index (χ2n) is 5.34. The highest BCUT2D eigenvalue weighted by Crippen LogP contribution is 2.43. The summed E-state index contributed by atoms with van der Waals surface area (Å²) in [5, 5.41) is 29.8. The Morgan fingerprint density at radius 1 is 1.05 bits per heavy atom. The minimum atomic E-state index is -0.876. The first-order valence-electron chi connectivity index (χ1n) is 7.14. The third-order valence-electron chi connectivity index (χ3n) is 3.26. The summed E-state index contributed by atoms with van der Waals surface area (Å²) >= 11 is 0. The number of aliphatic hydroxyl groups excluding tert-OH is 1. The molecule has 0 heterocycles. The number of hydrogen-bond donors (Lipinski definition) is 4. The quantitative estimate of drug-likeness (QED) is 0.681. The van der Waals surface area contributed by atoms with E-state index >= 15 is 0 Å². The Kier molecular flexibility index (Phi) is 4.90. The van der Waals surface area contributed by atoms with Crippen LogP contribution in [0.4, 0.5) is 0 Å². The zero-order valence-corrected chi connectivity index (χ0v) is 12.7. The monoisotopic (exact) mass is 303 g/mol. The van der Waals surface area contributed by atoms with Crippen LogP contribution in [0.5, 0.6) is 17.2 Å². The van der Waals surface area contributed by atoms with Gasteiger partial charge in [0.2, 0.25) is 0 Å². The normalized spacial score (nSPS) is 12.4. The van der Waals surface area contributed by atoms with Crippen LogP contribution in [0.1, 0.15) is 25.5 Å². The van der Waals surface area contributed by atoms with Crippen molar-refractivity contribution in [3.63, 3.8) is 0 Å². The molecule has 5 N–H and O–H groups in total. The van der Waals surface area contributed by atoms with E-state index in [2.05, 4.69) is 0 Å². The highest BCUT2D eigenvalue weighted by molar-refractivity contribution is 5.78. The van der Waals surface area contributed by atoms with Gasteiger partial charge in [-0.1, -0.05) is 18.2 Å². The Morgan fingerprint density at radius 2 is 1.68 bits per heavy atom. The molecule has 0 saturated carbocycles. The number of benzene rings is 2. The van der Waals surface area contributed by atoms with E-state index in [-0.39, 0.29) is 24.1 Å². The van der Waals surface area contributed by atoms with Crippen LogP contribution in [0.3, 0.4) is 0 Å². The molecule has 0 radical (unpaired) electrons. The van der Waals surface area contributed by atoms with Crippen LogP contribution >= 0.6 is 0 Å². The lowest BCUT2D eigenvalue weighted by atomic mass is 9.94. The van der Waals surface area contributed by atoms with E-state index in [4.69, 9.17) is 10.5 Å². The lowest BCUT2D eigenvalue weighted by Gasteiger charge is -2.21. The van der Waals surface area contributed by atoms with Gasteiger partial charge in [0.1, 0.15) is 5.75 Å². The number of hydrogen-bond acceptors (Lipinski definition) is 5. The molecule has 5 heteroatoms. The molecule has 2 rings (SSSR count). The summed E-state index contributed by atoms with van der Waals surface area (Å²) in [6.07, 6.45) is -1.02. The number of rotatable bonds is 5. The summed E-state index contributed by atoms with van der Waals surface area (Å²) < 4.78 is 5.73. The molecule has 2 aromatic rings. The SMILES string of the molecule is CC(C)Oc1c(O)ccc(C(O)CN)c1-c1ccc(O)cc1. The van der Waals surface area contributed by atoms with Gasteiger partial charge in [0.05, 0.1) is 12.2 Å². The summed E-state index contributed by atoms with van der Waals surface area (Å²) in [4.78, 5) is 0. The maximum absolute atomic E-state index is 10.2. The third kappa shape index (κ3) is 3.32. The first-order chi connectivity index (χ1) is 10.4. The average Bonchev–Trinajstić information content (AvgIpc) is 2.49. The number of aliphatic hydroxyl groups is 1.